The van der Waals surface area contributed by atoms with Gasteiger partial charge >= 0.3 is 0 Å². The highest BCUT2D eigenvalue weighted by atomic mass is 32.1. The number of likely N-dealkylation sites (N-methyl/N-ethyl adjacent to an activating group) is 1. The molecule has 6 nitrogen and oxygen atoms in total. The van der Waals surface area contributed by atoms with Crippen LogP contribution in [-0.4, -0.2) is 55.6 Å². The van der Waals surface area contributed by atoms with Crippen LogP contribution in [0.1, 0.15) is 10.4 Å². The van der Waals surface area contributed by atoms with Crippen LogP contribution in [0, 0.1) is 0 Å². The fourth-order valence-corrected chi connectivity index (χ4v) is 3.48. The molecule has 1 aliphatic heterocycles. The average Bonchev–Trinajstić information content (AvgIpc) is 3.14. The molecule has 0 aliphatic carbocycles. The molecule has 0 aromatic carbocycles. The molecular weight excluding hydrogens is 332 g/mol. The fourth-order valence-electron chi connectivity index (χ4n) is 2.77. The lowest BCUT2D eigenvalue weighted by Crippen LogP contribution is -2.44. The van der Waals surface area contributed by atoms with E-state index in [1.807, 2.05) is 12.3 Å². The van der Waals surface area contributed by atoms with Gasteiger partial charge in [0.15, 0.2) is 5.96 Å². The lowest BCUT2D eigenvalue weighted by Gasteiger charge is -2.33. The second-order valence-corrected chi connectivity index (χ2v) is 7.30. The highest BCUT2D eigenvalue weighted by Crippen LogP contribution is 2.15. The number of hydrogen-bond acceptors (Lipinski definition) is 5. The molecule has 3 rings (SSSR count). The van der Waals surface area contributed by atoms with Gasteiger partial charge in [-0.15, -0.1) is 11.3 Å². The molecular formula is C18H26N6S. The van der Waals surface area contributed by atoms with E-state index in [1.165, 1.54) is 4.88 Å². The number of pyridine rings is 1. The van der Waals surface area contributed by atoms with Gasteiger partial charge in [0.1, 0.15) is 5.82 Å². The van der Waals surface area contributed by atoms with E-state index in [1.54, 1.807) is 11.3 Å². The summed E-state index contributed by atoms with van der Waals surface area (Å²) in [5.74, 6) is 1.53. The Morgan fingerprint density at radius 3 is 2.92 bits per heavy atom. The zero-order valence-electron chi connectivity index (χ0n) is 14.7. The third-order valence-electron chi connectivity index (χ3n) is 4.33. The normalized spacial score (nSPS) is 16.2. The van der Waals surface area contributed by atoms with Gasteiger partial charge in [-0.1, -0.05) is 6.07 Å². The summed E-state index contributed by atoms with van der Waals surface area (Å²) in [5.41, 5.74) is 7.10. The van der Waals surface area contributed by atoms with Crippen molar-refractivity contribution in [2.24, 2.45) is 10.7 Å². The number of guanidine groups is 1. The van der Waals surface area contributed by atoms with Crippen molar-refractivity contribution in [2.45, 2.75) is 13.0 Å². The molecule has 1 fully saturated rings. The van der Waals surface area contributed by atoms with E-state index in [9.17, 15) is 0 Å². The number of nitrogens with zero attached hydrogens (tertiary/aromatic N) is 4. The van der Waals surface area contributed by atoms with Gasteiger partial charge in [-0.2, -0.15) is 0 Å². The first-order valence-corrected chi connectivity index (χ1v) is 9.53. The second kappa shape index (κ2) is 8.82. The van der Waals surface area contributed by atoms with E-state index < -0.39 is 0 Å². The number of nitrogens with one attached hydrogen (secondary N) is 1. The molecule has 2 aromatic rings. The number of rotatable bonds is 6. The van der Waals surface area contributed by atoms with Crippen molar-refractivity contribution in [3.05, 3.63) is 46.3 Å². The van der Waals surface area contributed by atoms with E-state index >= 15 is 0 Å². The van der Waals surface area contributed by atoms with Crippen LogP contribution in [0.25, 0.3) is 0 Å². The van der Waals surface area contributed by atoms with Crippen LogP contribution < -0.4 is 16.0 Å². The third kappa shape index (κ3) is 5.44. The molecule has 1 aliphatic rings. The number of anilines is 1. The van der Waals surface area contributed by atoms with E-state index in [4.69, 9.17) is 5.73 Å². The zero-order chi connectivity index (χ0) is 17.5. The van der Waals surface area contributed by atoms with Crippen molar-refractivity contribution in [1.82, 2.24) is 15.2 Å². The standard InChI is InChI=1S/C18H26N6S/c1-23-8-10-24(11-9-23)17-13-15(4-6-20-17)14-22-18(19)21-7-5-16-3-2-12-25-16/h2-4,6,12-13H,5,7-11,14H2,1H3,(H3,19,21,22). The van der Waals surface area contributed by atoms with Crippen LogP contribution in [0.2, 0.25) is 0 Å². The van der Waals surface area contributed by atoms with E-state index in [-0.39, 0.29) is 0 Å². The smallest absolute Gasteiger partial charge is 0.188 e. The second-order valence-electron chi connectivity index (χ2n) is 6.27. The monoisotopic (exact) mass is 358 g/mol. The summed E-state index contributed by atoms with van der Waals surface area (Å²) in [6.45, 7) is 5.56. The first-order chi connectivity index (χ1) is 12.2. The van der Waals surface area contributed by atoms with Crippen LogP contribution in [-0.2, 0) is 13.0 Å². The Labute approximate surface area is 153 Å². The topological polar surface area (TPSA) is 69.8 Å². The van der Waals surface area contributed by atoms with Crippen molar-refractivity contribution < 1.29 is 0 Å². The lowest BCUT2D eigenvalue weighted by atomic mass is 10.2. The maximum atomic E-state index is 5.97. The van der Waals surface area contributed by atoms with Crippen LogP contribution in [0.4, 0.5) is 5.82 Å². The number of nitrogens with two attached hydrogens (primary N) is 1. The molecule has 1 saturated heterocycles. The first-order valence-electron chi connectivity index (χ1n) is 8.65. The molecule has 3 heterocycles. The Morgan fingerprint density at radius 1 is 1.32 bits per heavy atom. The molecule has 0 spiro atoms. The van der Waals surface area contributed by atoms with Crippen LogP contribution >= 0.6 is 11.3 Å². The Hall–Kier alpha value is -2.12. The maximum absolute atomic E-state index is 5.97. The minimum absolute atomic E-state index is 0.495. The maximum Gasteiger partial charge on any atom is 0.188 e. The molecule has 134 valence electrons. The van der Waals surface area contributed by atoms with Crippen molar-refractivity contribution in [3.8, 4) is 0 Å². The summed E-state index contributed by atoms with van der Waals surface area (Å²) in [7, 11) is 2.16. The van der Waals surface area contributed by atoms with Crippen LogP contribution in [0.5, 0.6) is 0 Å². The largest absolute Gasteiger partial charge is 0.370 e. The van der Waals surface area contributed by atoms with Gasteiger partial charge in [0, 0.05) is 43.8 Å². The van der Waals surface area contributed by atoms with Crippen molar-refractivity contribution >= 4 is 23.1 Å². The van der Waals surface area contributed by atoms with Gasteiger partial charge < -0.3 is 20.9 Å². The average molecular weight is 359 g/mol. The van der Waals surface area contributed by atoms with Crippen molar-refractivity contribution in [2.75, 3.05) is 44.7 Å². The summed E-state index contributed by atoms with van der Waals surface area (Å²) in [6.07, 6.45) is 2.83. The number of hydrogen-bond donors (Lipinski definition) is 2. The number of aliphatic imine (C=N–C) groups is 1. The molecule has 0 saturated carbocycles. The SMILES string of the molecule is CN1CCN(c2cc(CN=C(N)NCCc3cccs3)ccn2)CC1. The molecule has 2 aromatic heterocycles. The molecule has 0 unspecified atom stereocenters. The summed E-state index contributed by atoms with van der Waals surface area (Å²) < 4.78 is 0. The van der Waals surface area contributed by atoms with Gasteiger partial charge in [0.25, 0.3) is 0 Å². The lowest BCUT2D eigenvalue weighted by molar-refractivity contribution is 0.312. The molecule has 25 heavy (non-hydrogen) atoms. The van der Waals surface area contributed by atoms with Gasteiger partial charge in [0.05, 0.1) is 6.54 Å². The minimum Gasteiger partial charge on any atom is -0.370 e. The van der Waals surface area contributed by atoms with Crippen molar-refractivity contribution in [1.29, 1.82) is 0 Å². The number of piperazine rings is 1. The van der Waals surface area contributed by atoms with Gasteiger partial charge in [-0.05, 0) is 42.6 Å². The Bertz CT molecular complexity index is 677. The zero-order valence-corrected chi connectivity index (χ0v) is 15.5. The fraction of sp³-hybridized carbons (Fsp3) is 0.444. The van der Waals surface area contributed by atoms with Crippen LogP contribution in [0.15, 0.2) is 40.8 Å². The Balaban J connectivity index is 1.49. The molecule has 7 heteroatoms. The minimum atomic E-state index is 0.495. The summed E-state index contributed by atoms with van der Waals surface area (Å²) in [5, 5.41) is 5.27. The van der Waals surface area contributed by atoms with Gasteiger partial charge in [-0.3, -0.25) is 0 Å². The highest BCUT2D eigenvalue weighted by molar-refractivity contribution is 7.09. The predicted molar refractivity (Wildman–Crippen MR) is 105 cm³/mol. The van der Waals surface area contributed by atoms with Gasteiger partial charge in [0.2, 0.25) is 0 Å². The summed E-state index contributed by atoms with van der Waals surface area (Å²) in [6, 6.07) is 8.32. The van der Waals surface area contributed by atoms with E-state index in [0.29, 0.717) is 12.5 Å². The van der Waals surface area contributed by atoms with Crippen molar-refractivity contribution in [3.63, 3.8) is 0 Å². The molecule has 0 bridgehead atoms. The molecule has 0 radical (unpaired) electrons. The Morgan fingerprint density at radius 2 is 2.16 bits per heavy atom. The Kier molecular flexibility index (Phi) is 6.25. The predicted octanol–water partition coefficient (Wildman–Crippen LogP) is 1.54. The molecule has 3 N–H and O–H groups in total. The summed E-state index contributed by atoms with van der Waals surface area (Å²) in [4.78, 5) is 15.0. The van der Waals surface area contributed by atoms with Crippen LogP contribution in [0.3, 0.4) is 0 Å². The van der Waals surface area contributed by atoms with E-state index in [2.05, 4.69) is 55.7 Å². The highest BCUT2D eigenvalue weighted by Gasteiger charge is 2.15. The third-order valence-corrected chi connectivity index (χ3v) is 5.26. The summed E-state index contributed by atoms with van der Waals surface area (Å²) >= 11 is 1.76. The van der Waals surface area contributed by atoms with E-state index in [0.717, 1.165) is 50.5 Å². The molecule has 0 atom stereocenters. The van der Waals surface area contributed by atoms with Gasteiger partial charge in [-0.25, -0.2) is 9.98 Å². The number of aromatic nitrogens is 1. The first kappa shape index (κ1) is 17.7. The number of thiophene rings is 1. The molecule has 0 amide bonds. The quantitative estimate of drug-likeness (QED) is 0.606.